The Morgan fingerprint density at radius 2 is 1.71 bits per heavy atom. The van der Waals surface area contributed by atoms with Crippen molar-refractivity contribution in [3.8, 4) is 0 Å². The number of hydrogen-bond acceptors (Lipinski definition) is 5. The second-order valence-electron chi connectivity index (χ2n) is 7.82. The normalized spacial score (nSPS) is 15.6. The summed E-state index contributed by atoms with van der Waals surface area (Å²) in [5, 5.41) is 3.90. The predicted octanol–water partition coefficient (Wildman–Crippen LogP) is 4.82. The van der Waals surface area contributed by atoms with Crippen LogP contribution in [0.3, 0.4) is 0 Å². The van der Waals surface area contributed by atoms with Crippen molar-refractivity contribution in [1.82, 2.24) is 9.29 Å². The average molecular weight is 458 g/mol. The van der Waals surface area contributed by atoms with Crippen LogP contribution in [-0.2, 0) is 21.2 Å². The lowest BCUT2D eigenvalue weighted by molar-refractivity contribution is -0.116. The van der Waals surface area contributed by atoms with Crippen LogP contribution in [0.1, 0.15) is 43.5 Å². The minimum absolute atomic E-state index is 0.0794. The van der Waals surface area contributed by atoms with Crippen LogP contribution in [0.2, 0.25) is 0 Å². The molecule has 0 bridgehead atoms. The molecule has 0 spiro atoms. The van der Waals surface area contributed by atoms with E-state index in [9.17, 15) is 13.2 Å². The summed E-state index contributed by atoms with van der Waals surface area (Å²) in [7, 11) is -3.47. The van der Waals surface area contributed by atoms with Gasteiger partial charge in [-0.2, -0.15) is 4.31 Å². The number of fused-ring (bicyclic) bond motifs is 1. The van der Waals surface area contributed by atoms with E-state index in [0.29, 0.717) is 31.6 Å². The van der Waals surface area contributed by atoms with E-state index in [1.165, 1.54) is 0 Å². The first kappa shape index (κ1) is 21.9. The number of carbonyl (C=O) groups excluding carboxylic acids is 1. The van der Waals surface area contributed by atoms with Crippen LogP contribution in [0.25, 0.3) is 10.2 Å². The molecule has 3 aromatic rings. The molecule has 0 atom stereocenters. The van der Waals surface area contributed by atoms with Crippen LogP contribution >= 0.6 is 11.3 Å². The molecule has 8 heteroatoms. The molecule has 1 fully saturated rings. The Balaban J connectivity index is 1.29. The molecule has 1 amide bonds. The number of thiazole rings is 1. The van der Waals surface area contributed by atoms with Gasteiger partial charge in [0.05, 0.1) is 20.1 Å². The summed E-state index contributed by atoms with van der Waals surface area (Å²) in [5.74, 6) is -0.0794. The third-order valence-corrected chi connectivity index (χ3v) is 8.48. The predicted molar refractivity (Wildman–Crippen MR) is 125 cm³/mol. The van der Waals surface area contributed by atoms with E-state index in [2.05, 4.69) is 16.4 Å². The van der Waals surface area contributed by atoms with Crippen molar-refractivity contribution >= 4 is 43.2 Å². The van der Waals surface area contributed by atoms with Crippen molar-refractivity contribution < 1.29 is 13.2 Å². The molecule has 6 nitrogen and oxygen atoms in total. The van der Waals surface area contributed by atoms with E-state index in [1.54, 1.807) is 39.9 Å². The van der Waals surface area contributed by atoms with E-state index >= 15 is 0 Å². The molecule has 2 heterocycles. The standard InChI is InChI=1S/C23H27N3O3S2/c27-22(10-7-11-23-25-20-8-3-4-9-21(20)30-23)24-18-12-14-19(15-13-18)31(28,29)26-16-5-1-2-6-17-26/h3-4,8-9,12-15H,1-2,5-7,10-11,16-17H2,(H,24,27). The number of benzene rings is 2. The fourth-order valence-corrected chi connectivity index (χ4v) is 6.32. The molecule has 0 aliphatic carbocycles. The largest absolute Gasteiger partial charge is 0.326 e. The highest BCUT2D eigenvalue weighted by atomic mass is 32.2. The summed E-state index contributed by atoms with van der Waals surface area (Å²) >= 11 is 1.67. The number of rotatable bonds is 7. The van der Waals surface area contributed by atoms with Crippen LogP contribution in [-0.4, -0.2) is 36.7 Å². The van der Waals surface area contributed by atoms with Gasteiger partial charge in [0, 0.05) is 25.2 Å². The quantitative estimate of drug-likeness (QED) is 0.551. The second kappa shape index (κ2) is 9.89. The van der Waals surface area contributed by atoms with Crippen molar-refractivity contribution in [2.75, 3.05) is 18.4 Å². The Hall–Kier alpha value is -2.29. The van der Waals surface area contributed by atoms with Gasteiger partial charge in [-0.3, -0.25) is 4.79 Å². The zero-order valence-corrected chi connectivity index (χ0v) is 19.1. The molecule has 2 aromatic carbocycles. The number of aryl methyl sites for hydroxylation is 1. The first-order valence-electron chi connectivity index (χ1n) is 10.8. The monoisotopic (exact) mass is 457 g/mol. The van der Waals surface area contributed by atoms with Crippen molar-refractivity contribution in [1.29, 1.82) is 0 Å². The van der Waals surface area contributed by atoms with Crippen LogP contribution in [0.5, 0.6) is 0 Å². The van der Waals surface area contributed by atoms with Gasteiger partial charge in [-0.15, -0.1) is 11.3 Å². The molecule has 164 valence electrons. The number of aromatic nitrogens is 1. The summed E-state index contributed by atoms with van der Waals surface area (Å²) in [6.07, 6.45) is 5.84. The lowest BCUT2D eigenvalue weighted by atomic mass is 10.2. The number of carbonyl (C=O) groups is 1. The van der Waals surface area contributed by atoms with Crippen molar-refractivity contribution in [2.45, 2.75) is 49.8 Å². The molecule has 31 heavy (non-hydrogen) atoms. The SMILES string of the molecule is O=C(CCCc1nc2ccccc2s1)Nc1ccc(S(=O)(=O)N2CCCCCC2)cc1. The first-order valence-corrected chi connectivity index (χ1v) is 13.0. The Labute approximate surface area is 187 Å². The molecule has 1 N–H and O–H groups in total. The molecular weight excluding hydrogens is 430 g/mol. The van der Waals surface area contributed by atoms with Gasteiger partial charge in [0.15, 0.2) is 0 Å². The van der Waals surface area contributed by atoms with E-state index in [0.717, 1.165) is 47.3 Å². The van der Waals surface area contributed by atoms with Gasteiger partial charge in [-0.1, -0.05) is 25.0 Å². The molecule has 1 aliphatic heterocycles. The summed E-state index contributed by atoms with van der Waals surface area (Å²) in [5.41, 5.74) is 1.61. The van der Waals surface area contributed by atoms with Gasteiger partial charge >= 0.3 is 0 Å². The molecule has 1 aliphatic rings. The van der Waals surface area contributed by atoms with Crippen LogP contribution in [0.15, 0.2) is 53.4 Å². The molecule has 1 aromatic heterocycles. The van der Waals surface area contributed by atoms with Crippen LogP contribution in [0, 0.1) is 0 Å². The smallest absolute Gasteiger partial charge is 0.243 e. The van der Waals surface area contributed by atoms with Crippen molar-refractivity contribution in [2.24, 2.45) is 0 Å². The summed E-state index contributed by atoms with van der Waals surface area (Å²) in [4.78, 5) is 17.2. The fourth-order valence-electron chi connectivity index (χ4n) is 3.79. The first-order chi connectivity index (χ1) is 15.0. The third-order valence-electron chi connectivity index (χ3n) is 5.47. The Bertz CT molecular complexity index is 1100. The van der Waals surface area contributed by atoms with Gasteiger partial charge in [-0.25, -0.2) is 13.4 Å². The highest BCUT2D eigenvalue weighted by Gasteiger charge is 2.24. The number of anilines is 1. The second-order valence-corrected chi connectivity index (χ2v) is 10.9. The van der Waals surface area contributed by atoms with Crippen molar-refractivity contribution in [3.63, 3.8) is 0 Å². The van der Waals surface area contributed by atoms with Crippen LogP contribution < -0.4 is 5.32 Å². The minimum Gasteiger partial charge on any atom is -0.326 e. The van der Waals surface area contributed by atoms with Crippen LogP contribution in [0.4, 0.5) is 5.69 Å². The Kier molecular flexibility index (Phi) is 6.99. The lowest BCUT2D eigenvalue weighted by Crippen LogP contribution is -2.31. The zero-order valence-electron chi connectivity index (χ0n) is 17.4. The number of nitrogens with zero attached hydrogens (tertiary/aromatic N) is 2. The van der Waals surface area contributed by atoms with Crippen molar-refractivity contribution in [3.05, 3.63) is 53.5 Å². The van der Waals surface area contributed by atoms with Gasteiger partial charge in [0.25, 0.3) is 0 Å². The topological polar surface area (TPSA) is 79.4 Å². The van der Waals surface area contributed by atoms with Gasteiger partial charge in [-0.05, 0) is 62.1 Å². The highest BCUT2D eigenvalue weighted by Crippen LogP contribution is 2.24. The van der Waals surface area contributed by atoms with Gasteiger partial charge < -0.3 is 5.32 Å². The average Bonchev–Trinajstić information content (AvgIpc) is 2.97. The summed E-state index contributed by atoms with van der Waals surface area (Å²) < 4.78 is 28.4. The number of nitrogens with one attached hydrogen (secondary N) is 1. The molecule has 1 saturated heterocycles. The highest BCUT2D eigenvalue weighted by molar-refractivity contribution is 7.89. The zero-order chi connectivity index (χ0) is 21.7. The summed E-state index contributed by atoms with van der Waals surface area (Å²) in [6.45, 7) is 1.16. The van der Waals surface area contributed by atoms with Gasteiger partial charge in [0.1, 0.15) is 0 Å². The third kappa shape index (κ3) is 5.50. The number of hydrogen-bond donors (Lipinski definition) is 1. The molecule has 0 unspecified atom stereocenters. The molecular formula is C23H27N3O3S2. The Morgan fingerprint density at radius 3 is 2.42 bits per heavy atom. The number of amides is 1. The molecule has 0 saturated carbocycles. The number of para-hydroxylation sites is 1. The maximum Gasteiger partial charge on any atom is 0.243 e. The van der Waals surface area contributed by atoms with Gasteiger partial charge in [0.2, 0.25) is 15.9 Å². The molecule has 4 rings (SSSR count). The van der Waals surface area contributed by atoms with E-state index in [-0.39, 0.29) is 10.8 Å². The van der Waals surface area contributed by atoms with E-state index in [4.69, 9.17) is 0 Å². The molecule has 0 radical (unpaired) electrons. The maximum absolute atomic E-state index is 12.8. The Morgan fingerprint density at radius 1 is 1.00 bits per heavy atom. The lowest BCUT2D eigenvalue weighted by Gasteiger charge is -2.20. The van der Waals surface area contributed by atoms with E-state index in [1.807, 2.05) is 18.2 Å². The minimum atomic E-state index is -3.47. The number of sulfonamides is 1. The van der Waals surface area contributed by atoms with E-state index < -0.39 is 10.0 Å². The fraction of sp³-hybridized carbons (Fsp3) is 0.391. The summed E-state index contributed by atoms with van der Waals surface area (Å²) in [6, 6.07) is 14.5. The maximum atomic E-state index is 12.8.